The second-order valence-electron chi connectivity index (χ2n) is 4.08. The smallest absolute Gasteiger partial charge is 0.119 e. The van der Waals surface area contributed by atoms with Gasteiger partial charge >= 0.3 is 0 Å². The van der Waals surface area contributed by atoms with E-state index < -0.39 is 0 Å². The first kappa shape index (κ1) is 9.53. The van der Waals surface area contributed by atoms with Crippen molar-refractivity contribution in [2.45, 2.75) is 18.9 Å². The highest BCUT2D eigenvalue weighted by Crippen LogP contribution is 2.35. The van der Waals surface area contributed by atoms with Crippen LogP contribution in [0.2, 0.25) is 0 Å². The first-order chi connectivity index (χ1) is 6.72. The summed E-state index contributed by atoms with van der Waals surface area (Å²) in [5, 5.41) is 0. The third-order valence-corrected chi connectivity index (χ3v) is 3.02. The number of ether oxygens (including phenoxy) is 1. The first-order valence-corrected chi connectivity index (χ1v) is 5.05. The van der Waals surface area contributed by atoms with Crippen molar-refractivity contribution < 1.29 is 4.74 Å². The number of fused-ring (bicyclic) bond motifs is 1. The molecule has 0 fully saturated rings. The molecule has 1 aliphatic rings. The van der Waals surface area contributed by atoms with Gasteiger partial charge in [0.2, 0.25) is 0 Å². The molecular weight excluding hydrogens is 174 g/mol. The summed E-state index contributed by atoms with van der Waals surface area (Å²) >= 11 is 0. The van der Waals surface area contributed by atoms with E-state index in [9.17, 15) is 0 Å². The summed E-state index contributed by atoms with van der Waals surface area (Å²) in [4.78, 5) is 2.29. The lowest BCUT2D eigenvalue weighted by molar-refractivity contribution is 0.299. The van der Waals surface area contributed by atoms with Crippen LogP contribution >= 0.6 is 0 Å². The van der Waals surface area contributed by atoms with Gasteiger partial charge < -0.3 is 9.64 Å². The summed E-state index contributed by atoms with van der Waals surface area (Å²) in [5.74, 6) is 0.975. The van der Waals surface area contributed by atoms with Crippen molar-refractivity contribution in [3.8, 4) is 5.75 Å². The van der Waals surface area contributed by atoms with E-state index in [0.29, 0.717) is 6.04 Å². The fourth-order valence-corrected chi connectivity index (χ4v) is 2.23. The summed E-state index contributed by atoms with van der Waals surface area (Å²) in [5.41, 5.74) is 2.92. The Morgan fingerprint density at radius 2 is 2.14 bits per heavy atom. The fourth-order valence-electron chi connectivity index (χ4n) is 2.23. The summed E-state index contributed by atoms with van der Waals surface area (Å²) in [6.45, 7) is 0. The minimum Gasteiger partial charge on any atom is -0.497 e. The maximum Gasteiger partial charge on any atom is 0.119 e. The molecule has 14 heavy (non-hydrogen) atoms. The van der Waals surface area contributed by atoms with Gasteiger partial charge in [-0.1, -0.05) is 6.07 Å². The van der Waals surface area contributed by atoms with Crippen molar-refractivity contribution in [3.05, 3.63) is 29.3 Å². The summed E-state index contributed by atoms with van der Waals surface area (Å²) in [6.07, 6.45) is 2.41. The van der Waals surface area contributed by atoms with Gasteiger partial charge in [-0.2, -0.15) is 0 Å². The van der Waals surface area contributed by atoms with Crippen LogP contribution in [0.4, 0.5) is 0 Å². The largest absolute Gasteiger partial charge is 0.497 e. The van der Waals surface area contributed by atoms with E-state index in [1.807, 2.05) is 0 Å². The van der Waals surface area contributed by atoms with Crippen molar-refractivity contribution in [2.24, 2.45) is 0 Å². The van der Waals surface area contributed by atoms with Gasteiger partial charge in [0, 0.05) is 6.04 Å². The SMILES string of the molecule is COc1ccc2c(c1)CC[C@H]2N(C)C. The number of nitrogens with zero attached hydrogens (tertiary/aromatic N) is 1. The number of aryl methyl sites for hydroxylation is 1. The van der Waals surface area contributed by atoms with Gasteiger partial charge in [-0.25, -0.2) is 0 Å². The average Bonchev–Trinajstić information content (AvgIpc) is 2.59. The van der Waals surface area contributed by atoms with E-state index in [-0.39, 0.29) is 0 Å². The molecule has 0 aromatic heterocycles. The maximum absolute atomic E-state index is 5.22. The van der Waals surface area contributed by atoms with Crippen LogP contribution in [0.25, 0.3) is 0 Å². The van der Waals surface area contributed by atoms with E-state index >= 15 is 0 Å². The van der Waals surface area contributed by atoms with E-state index in [0.717, 1.165) is 5.75 Å². The topological polar surface area (TPSA) is 12.5 Å². The highest BCUT2D eigenvalue weighted by Gasteiger charge is 2.23. The molecule has 0 saturated heterocycles. The molecule has 0 unspecified atom stereocenters. The zero-order valence-electron chi connectivity index (χ0n) is 9.08. The van der Waals surface area contributed by atoms with E-state index in [1.54, 1.807) is 7.11 Å². The van der Waals surface area contributed by atoms with Gasteiger partial charge in [0.15, 0.2) is 0 Å². The number of hydrogen-bond donors (Lipinski definition) is 0. The third-order valence-electron chi connectivity index (χ3n) is 3.02. The molecule has 0 amide bonds. The van der Waals surface area contributed by atoms with Crippen LogP contribution in [0.1, 0.15) is 23.6 Å². The second-order valence-corrected chi connectivity index (χ2v) is 4.08. The van der Waals surface area contributed by atoms with Gasteiger partial charge in [-0.15, -0.1) is 0 Å². The minimum atomic E-state index is 0.593. The average molecular weight is 191 g/mol. The molecule has 2 nitrogen and oxygen atoms in total. The Hall–Kier alpha value is -1.02. The molecule has 0 spiro atoms. The predicted molar refractivity (Wildman–Crippen MR) is 57.7 cm³/mol. The Bertz CT molecular complexity index is 333. The summed E-state index contributed by atoms with van der Waals surface area (Å²) < 4.78 is 5.22. The van der Waals surface area contributed by atoms with E-state index in [2.05, 4.69) is 37.2 Å². The van der Waals surface area contributed by atoms with Crippen LogP contribution < -0.4 is 4.74 Å². The van der Waals surface area contributed by atoms with Gasteiger partial charge in [0.25, 0.3) is 0 Å². The molecule has 76 valence electrons. The Morgan fingerprint density at radius 3 is 2.79 bits per heavy atom. The Morgan fingerprint density at radius 1 is 1.36 bits per heavy atom. The highest BCUT2D eigenvalue weighted by molar-refractivity contribution is 5.40. The number of rotatable bonds is 2. The molecule has 1 aromatic rings. The summed E-state index contributed by atoms with van der Waals surface area (Å²) in [6, 6.07) is 7.02. The normalized spacial score (nSPS) is 19.9. The molecule has 0 saturated carbocycles. The van der Waals surface area contributed by atoms with E-state index in [1.165, 1.54) is 24.0 Å². The second kappa shape index (κ2) is 3.62. The lowest BCUT2D eigenvalue weighted by atomic mass is 10.1. The molecule has 0 N–H and O–H groups in total. The maximum atomic E-state index is 5.22. The van der Waals surface area contributed by atoms with Crippen LogP contribution in [-0.2, 0) is 6.42 Å². The van der Waals surface area contributed by atoms with Crippen LogP contribution in [0.3, 0.4) is 0 Å². The predicted octanol–water partition coefficient (Wildman–Crippen LogP) is 2.24. The first-order valence-electron chi connectivity index (χ1n) is 5.05. The molecule has 1 atom stereocenters. The van der Waals surface area contributed by atoms with Crippen LogP contribution in [0.5, 0.6) is 5.75 Å². The van der Waals surface area contributed by atoms with Crippen molar-refractivity contribution in [1.82, 2.24) is 4.90 Å². The Balaban J connectivity index is 2.33. The quantitative estimate of drug-likeness (QED) is 0.711. The van der Waals surface area contributed by atoms with Crippen LogP contribution in [-0.4, -0.2) is 26.1 Å². The lowest BCUT2D eigenvalue weighted by Gasteiger charge is -2.20. The Labute approximate surface area is 85.5 Å². The zero-order valence-corrected chi connectivity index (χ0v) is 9.08. The Kier molecular flexibility index (Phi) is 2.46. The van der Waals surface area contributed by atoms with Crippen molar-refractivity contribution >= 4 is 0 Å². The molecule has 2 heteroatoms. The van der Waals surface area contributed by atoms with Gasteiger partial charge in [0.05, 0.1) is 7.11 Å². The van der Waals surface area contributed by atoms with Gasteiger partial charge in [0.1, 0.15) is 5.75 Å². The van der Waals surface area contributed by atoms with Crippen LogP contribution in [0, 0.1) is 0 Å². The third kappa shape index (κ3) is 1.50. The van der Waals surface area contributed by atoms with E-state index in [4.69, 9.17) is 4.74 Å². The summed E-state index contributed by atoms with van der Waals surface area (Å²) in [7, 11) is 6.01. The molecule has 1 aliphatic carbocycles. The van der Waals surface area contributed by atoms with Gasteiger partial charge in [-0.3, -0.25) is 0 Å². The standard InChI is InChI=1S/C12H17NO/c1-13(2)12-7-4-9-8-10(14-3)5-6-11(9)12/h5-6,8,12H,4,7H2,1-3H3/t12-/m1/s1. The number of hydrogen-bond acceptors (Lipinski definition) is 2. The van der Waals surface area contributed by atoms with Crippen molar-refractivity contribution in [1.29, 1.82) is 0 Å². The molecular formula is C12H17NO. The monoisotopic (exact) mass is 191 g/mol. The molecule has 1 aromatic carbocycles. The number of methoxy groups -OCH3 is 1. The van der Waals surface area contributed by atoms with Gasteiger partial charge in [-0.05, 0) is 50.2 Å². The number of benzene rings is 1. The molecule has 0 radical (unpaired) electrons. The molecule has 0 aliphatic heterocycles. The highest BCUT2D eigenvalue weighted by atomic mass is 16.5. The fraction of sp³-hybridized carbons (Fsp3) is 0.500. The van der Waals surface area contributed by atoms with Crippen molar-refractivity contribution in [3.63, 3.8) is 0 Å². The minimum absolute atomic E-state index is 0.593. The molecule has 0 bridgehead atoms. The molecule has 2 rings (SSSR count). The van der Waals surface area contributed by atoms with Crippen molar-refractivity contribution in [2.75, 3.05) is 21.2 Å². The van der Waals surface area contributed by atoms with Crippen LogP contribution in [0.15, 0.2) is 18.2 Å². The zero-order chi connectivity index (χ0) is 10.1. The molecule has 0 heterocycles. The lowest BCUT2D eigenvalue weighted by Crippen LogP contribution is -2.17.